The van der Waals surface area contributed by atoms with Crippen molar-refractivity contribution in [3.8, 4) is 6.07 Å². The maximum absolute atomic E-state index is 12.9. The number of nitrogens with zero attached hydrogens (tertiary/aromatic N) is 2. The Labute approximate surface area is 169 Å². The zero-order chi connectivity index (χ0) is 21.8. The molecule has 0 bridgehead atoms. The molecule has 2 rings (SSSR count). The quantitative estimate of drug-likeness (QED) is 0.407. The summed E-state index contributed by atoms with van der Waals surface area (Å²) in [6.07, 6.45) is -0.498. The number of carbonyl (C=O) groups is 2. The number of allylic oxidation sites excluding steroid dienone is 1. The van der Waals surface area contributed by atoms with E-state index in [1.165, 1.54) is 35.5 Å². The second-order valence-corrected chi connectivity index (χ2v) is 8.71. The molecule has 0 amide bonds. The van der Waals surface area contributed by atoms with Crippen LogP contribution in [0.25, 0.3) is 0 Å². The summed E-state index contributed by atoms with van der Waals surface area (Å²) in [5.74, 6) is -1.62. The van der Waals surface area contributed by atoms with Crippen LogP contribution in [0, 0.1) is 11.3 Å². The van der Waals surface area contributed by atoms with Crippen molar-refractivity contribution in [1.82, 2.24) is 4.31 Å². The Morgan fingerprint density at radius 2 is 1.93 bits per heavy atom. The van der Waals surface area contributed by atoms with Crippen LogP contribution in [0.3, 0.4) is 0 Å². The lowest BCUT2D eigenvalue weighted by Crippen LogP contribution is -2.48. The first-order valence-electron chi connectivity index (χ1n) is 8.88. The van der Waals surface area contributed by atoms with Gasteiger partial charge in [-0.05, 0) is 39.0 Å². The number of carbonyl (C=O) groups excluding carboxylic acids is 2. The summed E-state index contributed by atoms with van der Waals surface area (Å²) in [7, 11) is -3.83. The molecule has 1 aromatic carbocycles. The van der Waals surface area contributed by atoms with Crippen LogP contribution in [0.1, 0.15) is 31.1 Å². The van der Waals surface area contributed by atoms with Crippen LogP contribution in [-0.2, 0) is 24.3 Å². The Kier molecular flexibility index (Phi) is 7.13. The first-order chi connectivity index (χ1) is 13.6. The Balaban J connectivity index is 2.16. The highest BCUT2D eigenvalue weighted by molar-refractivity contribution is 7.89. The van der Waals surface area contributed by atoms with E-state index in [0.29, 0.717) is 0 Å². The number of ether oxygens (including phenoxy) is 2. The van der Waals surface area contributed by atoms with Crippen molar-refractivity contribution < 1.29 is 27.5 Å². The molecule has 1 saturated heterocycles. The van der Waals surface area contributed by atoms with Gasteiger partial charge in [0.25, 0.3) is 0 Å². The van der Waals surface area contributed by atoms with E-state index in [1.54, 1.807) is 19.9 Å². The first-order valence-corrected chi connectivity index (χ1v) is 10.3. The molecular formula is C19H23N3O6S. The van der Waals surface area contributed by atoms with Gasteiger partial charge in [-0.2, -0.15) is 9.57 Å². The number of morpholine rings is 1. The average Bonchev–Trinajstić information content (AvgIpc) is 2.65. The minimum Gasteiger partial charge on any atom is -0.454 e. The molecule has 0 radical (unpaired) electrons. The first kappa shape index (κ1) is 22.5. The molecular weight excluding hydrogens is 398 g/mol. The third-order valence-electron chi connectivity index (χ3n) is 4.21. The van der Waals surface area contributed by atoms with Crippen molar-refractivity contribution in [2.45, 2.75) is 37.9 Å². The van der Waals surface area contributed by atoms with E-state index in [1.807, 2.05) is 0 Å². The maximum Gasteiger partial charge on any atom is 0.338 e. The Morgan fingerprint density at radius 1 is 1.31 bits per heavy atom. The van der Waals surface area contributed by atoms with E-state index >= 15 is 0 Å². The van der Waals surface area contributed by atoms with Gasteiger partial charge in [0.2, 0.25) is 15.8 Å². The number of nitrogens with two attached hydrogens (primary N) is 1. The minimum absolute atomic E-state index is 0.0237. The Hall–Kier alpha value is -2.74. The number of benzene rings is 1. The van der Waals surface area contributed by atoms with Crippen molar-refractivity contribution in [1.29, 1.82) is 5.26 Å². The standard InChI is InChI=1S/C19H23N3O6S/c1-12-9-22(10-13(2)28-12)29(25,26)16-6-4-5-15(7-16)19(24)27-11-18(23)17(8-20)14(3)21/h4-7,12-13H,9-11,21H2,1-3H3/b17-14-/t12-,13-/m0/s1. The highest BCUT2D eigenvalue weighted by atomic mass is 32.2. The molecule has 10 heteroatoms. The molecule has 1 aliphatic rings. The molecule has 2 N–H and O–H groups in total. The third kappa shape index (κ3) is 5.41. The van der Waals surface area contributed by atoms with E-state index in [9.17, 15) is 18.0 Å². The fourth-order valence-electron chi connectivity index (χ4n) is 2.92. The van der Waals surface area contributed by atoms with Crippen LogP contribution in [-0.4, -0.2) is 56.4 Å². The van der Waals surface area contributed by atoms with Crippen LogP contribution in [0.15, 0.2) is 40.4 Å². The van der Waals surface area contributed by atoms with Gasteiger partial charge >= 0.3 is 5.97 Å². The van der Waals surface area contributed by atoms with Crippen LogP contribution in [0.5, 0.6) is 0 Å². The van der Waals surface area contributed by atoms with Crippen LogP contribution in [0.4, 0.5) is 0 Å². The predicted octanol–water partition coefficient (Wildman–Crippen LogP) is 0.967. The van der Waals surface area contributed by atoms with Gasteiger partial charge in [-0.25, -0.2) is 13.2 Å². The summed E-state index contributed by atoms with van der Waals surface area (Å²) in [6, 6.07) is 7.04. The van der Waals surface area contributed by atoms with E-state index in [4.69, 9.17) is 20.5 Å². The minimum atomic E-state index is -3.83. The molecule has 9 nitrogen and oxygen atoms in total. The van der Waals surface area contributed by atoms with Crippen molar-refractivity contribution in [3.05, 3.63) is 41.1 Å². The van der Waals surface area contributed by atoms with E-state index in [-0.39, 0.29) is 47.0 Å². The second-order valence-electron chi connectivity index (χ2n) is 6.78. The monoisotopic (exact) mass is 421 g/mol. The molecule has 1 aliphatic heterocycles. The average molecular weight is 421 g/mol. The van der Waals surface area contributed by atoms with Gasteiger partial charge in [0.1, 0.15) is 11.6 Å². The molecule has 0 spiro atoms. The molecule has 0 aromatic heterocycles. The molecule has 29 heavy (non-hydrogen) atoms. The Morgan fingerprint density at radius 3 is 2.48 bits per heavy atom. The lowest BCUT2D eigenvalue weighted by molar-refractivity contribution is -0.118. The van der Waals surface area contributed by atoms with Crippen molar-refractivity contribution in [2.75, 3.05) is 19.7 Å². The summed E-state index contributed by atoms with van der Waals surface area (Å²) < 4.78 is 37.6. The zero-order valence-corrected chi connectivity index (χ0v) is 17.2. The number of hydrogen-bond acceptors (Lipinski definition) is 8. The lowest BCUT2D eigenvalue weighted by atomic mass is 10.1. The molecule has 0 unspecified atom stereocenters. The molecule has 1 fully saturated rings. The number of nitriles is 1. The SMILES string of the molecule is C/C(N)=C(\C#N)C(=O)COC(=O)c1cccc(S(=O)(=O)N2C[C@H](C)O[C@@H](C)C2)c1. The fraction of sp³-hybridized carbons (Fsp3) is 0.421. The van der Waals surface area contributed by atoms with Crippen molar-refractivity contribution >= 4 is 21.8 Å². The summed E-state index contributed by atoms with van der Waals surface area (Å²) in [5, 5.41) is 8.91. The van der Waals surface area contributed by atoms with Gasteiger partial charge in [-0.1, -0.05) is 6.07 Å². The number of rotatable bonds is 6. The summed E-state index contributed by atoms with van der Waals surface area (Å²) >= 11 is 0. The maximum atomic E-state index is 12.9. The van der Waals surface area contributed by atoms with Gasteiger partial charge in [0.05, 0.1) is 22.7 Å². The highest BCUT2D eigenvalue weighted by Crippen LogP contribution is 2.22. The predicted molar refractivity (Wildman–Crippen MR) is 103 cm³/mol. The van der Waals surface area contributed by atoms with Gasteiger partial charge < -0.3 is 15.2 Å². The summed E-state index contributed by atoms with van der Waals surface area (Å²) in [6.45, 7) is 4.70. The zero-order valence-electron chi connectivity index (χ0n) is 16.4. The third-order valence-corrected chi connectivity index (χ3v) is 6.04. The van der Waals surface area contributed by atoms with Crippen LogP contribution < -0.4 is 5.73 Å². The molecule has 1 heterocycles. The van der Waals surface area contributed by atoms with E-state index in [0.717, 1.165) is 0 Å². The van der Waals surface area contributed by atoms with Gasteiger partial charge in [0.15, 0.2) is 6.61 Å². The van der Waals surface area contributed by atoms with Gasteiger partial charge in [-0.15, -0.1) is 0 Å². The number of ketones is 1. The van der Waals surface area contributed by atoms with E-state index in [2.05, 4.69) is 0 Å². The largest absolute Gasteiger partial charge is 0.454 e. The topological polar surface area (TPSA) is 140 Å². The van der Waals surface area contributed by atoms with Gasteiger partial charge in [0, 0.05) is 18.8 Å². The summed E-state index contributed by atoms with van der Waals surface area (Å²) in [5.41, 5.74) is 5.15. The van der Waals surface area contributed by atoms with Gasteiger partial charge in [-0.3, -0.25) is 4.79 Å². The Bertz CT molecular complexity index is 966. The fourth-order valence-corrected chi connectivity index (χ4v) is 4.55. The van der Waals surface area contributed by atoms with E-state index < -0.39 is 28.4 Å². The second kappa shape index (κ2) is 9.17. The molecule has 0 saturated carbocycles. The van der Waals surface area contributed by atoms with Crippen molar-refractivity contribution in [3.63, 3.8) is 0 Å². The smallest absolute Gasteiger partial charge is 0.338 e. The molecule has 0 aliphatic carbocycles. The highest BCUT2D eigenvalue weighted by Gasteiger charge is 2.32. The normalized spacial score (nSPS) is 21.0. The lowest BCUT2D eigenvalue weighted by Gasteiger charge is -2.34. The molecule has 1 aromatic rings. The van der Waals surface area contributed by atoms with Crippen molar-refractivity contribution in [2.24, 2.45) is 5.73 Å². The summed E-state index contributed by atoms with van der Waals surface area (Å²) in [4.78, 5) is 24.1. The molecule has 156 valence electrons. The number of hydrogen-bond donors (Lipinski definition) is 1. The number of Topliss-reactive ketones (excluding diaryl/α,β-unsaturated/α-hetero) is 1. The molecule has 2 atom stereocenters. The van der Waals surface area contributed by atoms with Crippen LogP contribution in [0.2, 0.25) is 0 Å². The number of esters is 1. The van der Waals surface area contributed by atoms with Crippen LogP contribution >= 0.6 is 0 Å². The number of sulfonamides is 1.